The van der Waals surface area contributed by atoms with Crippen LogP contribution in [0.25, 0.3) is 0 Å². The number of rotatable bonds is 4. The summed E-state index contributed by atoms with van der Waals surface area (Å²) in [5, 5.41) is 12.4. The molecule has 1 heterocycles. The molecular formula is C15H19ClN4O. The zero-order valence-electron chi connectivity index (χ0n) is 12.1. The molecule has 0 spiro atoms. The standard InChI is InChI=1S/C15H19ClN4O/c1-12(10-17)20-8-6-19(7-9-20)11-15(21)18-14-4-2-13(16)3-5-14/h2-5,12H,6-9,11H2,1H3,(H,18,21). The molecule has 21 heavy (non-hydrogen) atoms. The highest BCUT2D eigenvalue weighted by atomic mass is 35.5. The number of piperazine rings is 1. The van der Waals surface area contributed by atoms with Crippen LogP contribution in [0, 0.1) is 11.3 Å². The predicted octanol–water partition coefficient (Wildman–Crippen LogP) is 1.81. The topological polar surface area (TPSA) is 59.4 Å². The van der Waals surface area contributed by atoms with Crippen molar-refractivity contribution in [2.45, 2.75) is 13.0 Å². The first kappa shape index (κ1) is 15.8. The van der Waals surface area contributed by atoms with Gasteiger partial charge in [-0.25, -0.2) is 0 Å². The van der Waals surface area contributed by atoms with E-state index in [1.54, 1.807) is 24.3 Å². The maximum absolute atomic E-state index is 12.0. The summed E-state index contributed by atoms with van der Waals surface area (Å²) in [6, 6.07) is 9.25. The summed E-state index contributed by atoms with van der Waals surface area (Å²) in [6.45, 7) is 5.53. The molecule has 1 aromatic carbocycles. The van der Waals surface area contributed by atoms with Gasteiger partial charge in [0.1, 0.15) is 0 Å². The van der Waals surface area contributed by atoms with Gasteiger partial charge >= 0.3 is 0 Å². The number of amides is 1. The van der Waals surface area contributed by atoms with Gasteiger partial charge in [0.25, 0.3) is 0 Å². The van der Waals surface area contributed by atoms with E-state index in [0.29, 0.717) is 11.6 Å². The molecule has 1 N–H and O–H groups in total. The average Bonchev–Trinajstić information content (AvgIpc) is 2.49. The van der Waals surface area contributed by atoms with Crippen LogP contribution < -0.4 is 5.32 Å². The van der Waals surface area contributed by atoms with E-state index >= 15 is 0 Å². The van der Waals surface area contributed by atoms with Gasteiger partial charge in [-0.1, -0.05) is 11.6 Å². The largest absolute Gasteiger partial charge is 0.325 e. The van der Waals surface area contributed by atoms with Crippen LogP contribution >= 0.6 is 11.6 Å². The van der Waals surface area contributed by atoms with Crippen molar-refractivity contribution in [3.63, 3.8) is 0 Å². The van der Waals surface area contributed by atoms with Gasteiger partial charge in [-0.15, -0.1) is 0 Å². The Bertz CT molecular complexity index is 517. The molecule has 1 aliphatic heterocycles. The molecule has 0 aliphatic carbocycles. The van der Waals surface area contributed by atoms with Crippen molar-refractivity contribution >= 4 is 23.2 Å². The lowest BCUT2D eigenvalue weighted by atomic mass is 10.2. The van der Waals surface area contributed by atoms with E-state index in [9.17, 15) is 4.79 Å². The summed E-state index contributed by atoms with van der Waals surface area (Å²) < 4.78 is 0. The molecule has 6 heteroatoms. The van der Waals surface area contributed by atoms with Crippen LogP contribution in [0.3, 0.4) is 0 Å². The highest BCUT2D eigenvalue weighted by molar-refractivity contribution is 6.30. The number of anilines is 1. The van der Waals surface area contributed by atoms with Gasteiger partial charge in [0.2, 0.25) is 5.91 Å². The van der Waals surface area contributed by atoms with E-state index in [1.807, 2.05) is 6.92 Å². The van der Waals surface area contributed by atoms with Crippen molar-refractivity contribution in [3.05, 3.63) is 29.3 Å². The Labute approximate surface area is 130 Å². The first-order chi connectivity index (χ1) is 10.1. The van der Waals surface area contributed by atoms with E-state index in [-0.39, 0.29) is 11.9 Å². The molecule has 0 radical (unpaired) electrons. The van der Waals surface area contributed by atoms with Crippen molar-refractivity contribution in [3.8, 4) is 6.07 Å². The molecule has 1 aromatic rings. The van der Waals surface area contributed by atoms with E-state index < -0.39 is 0 Å². The predicted molar refractivity (Wildman–Crippen MR) is 83.2 cm³/mol. The molecule has 0 saturated carbocycles. The van der Waals surface area contributed by atoms with Crippen LogP contribution in [-0.4, -0.2) is 54.5 Å². The third-order valence-electron chi connectivity index (χ3n) is 3.64. The molecule has 112 valence electrons. The van der Waals surface area contributed by atoms with E-state index in [1.165, 1.54) is 0 Å². The van der Waals surface area contributed by atoms with E-state index in [2.05, 4.69) is 21.2 Å². The van der Waals surface area contributed by atoms with Gasteiger partial charge in [0.05, 0.1) is 18.7 Å². The second kappa shape index (κ2) is 7.41. The third kappa shape index (κ3) is 4.71. The molecule has 1 fully saturated rings. The van der Waals surface area contributed by atoms with Crippen LogP contribution in [0.15, 0.2) is 24.3 Å². The van der Waals surface area contributed by atoms with Crippen molar-refractivity contribution in [2.75, 3.05) is 38.0 Å². The first-order valence-electron chi connectivity index (χ1n) is 7.00. The van der Waals surface area contributed by atoms with Crippen LogP contribution in [0.5, 0.6) is 0 Å². The number of hydrogen-bond acceptors (Lipinski definition) is 4. The van der Waals surface area contributed by atoms with Crippen molar-refractivity contribution in [1.82, 2.24) is 9.80 Å². The van der Waals surface area contributed by atoms with Gasteiger partial charge < -0.3 is 5.32 Å². The number of benzene rings is 1. The fourth-order valence-electron chi connectivity index (χ4n) is 2.33. The maximum atomic E-state index is 12.0. The molecular weight excluding hydrogens is 288 g/mol. The normalized spacial score (nSPS) is 18.0. The van der Waals surface area contributed by atoms with Crippen molar-refractivity contribution in [1.29, 1.82) is 5.26 Å². The first-order valence-corrected chi connectivity index (χ1v) is 7.37. The van der Waals surface area contributed by atoms with Gasteiger partial charge in [-0.05, 0) is 31.2 Å². The summed E-state index contributed by atoms with van der Waals surface area (Å²) in [5.74, 6) is -0.0286. The van der Waals surface area contributed by atoms with Crippen LogP contribution in [0.4, 0.5) is 5.69 Å². The quantitative estimate of drug-likeness (QED) is 0.921. The molecule has 5 nitrogen and oxygen atoms in total. The fraction of sp³-hybridized carbons (Fsp3) is 0.467. The minimum Gasteiger partial charge on any atom is -0.325 e. The number of hydrogen-bond donors (Lipinski definition) is 1. The monoisotopic (exact) mass is 306 g/mol. The number of halogens is 1. The number of carbonyl (C=O) groups excluding carboxylic acids is 1. The molecule has 0 aromatic heterocycles. The fourth-order valence-corrected chi connectivity index (χ4v) is 2.45. The molecule has 1 unspecified atom stereocenters. The Hall–Kier alpha value is -1.61. The molecule has 1 atom stereocenters. The van der Waals surface area contributed by atoms with Crippen LogP contribution in [0.2, 0.25) is 5.02 Å². The Balaban J connectivity index is 1.77. The average molecular weight is 307 g/mol. The third-order valence-corrected chi connectivity index (χ3v) is 3.89. The SMILES string of the molecule is CC(C#N)N1CCN(CC(=O)Nc2ccc(Cl)cc2)CC1. The summed E-state index contributed by atoms with van der Waals surface area (Å²) >= 11 is 5.81. The Morgan fingerprint density at radius 1 is 1.33 bits per heavy atom. The Morgan fingerprint density at radius 3 is 2.52 bits per heavy atom. The smallest absolute Gasteiger partial charge is 0.238 e. The Kier molecular flexibility index (Phi) is 5.57. The summed E-state index contributed by atoms with van der Waals surface area (Å²) in [7, 11) is 0. The summed E-state index contributed by atoms with van der Waals surface area (Å²) in [4.78, 5) is 16.2. The lowest BCUT2D eigenvalue weighted by molar-refractivity contribution is -0.117. The highest BCUT2D eigenvalue weighted by Gasteiger charge is 2.21. The zero-order chi connectivity index (χ0) is 15.2. The van der Waals surface area contributed by atoms with Crippen molar-refractivity contribution in [2.24, 2.45) is 0 Å². The van der Waals surface area contributed by atoms with Gasteiger partial charge in [0.15, 0.2) is 0 Å². The molecule has 1 saturated heterocycles. The van der Waals surface area contributed by atoms with Gasteiger partial charge in [-0.3, -0.25) is 14.6 Å². The minimum absolute atomic E-state index is 0.0286. The van der Waals surface area contributed by atoms with Crippen LogP contribution in [-0.2, 0) is 4.79 Å². The van der Waals surface area contributed by atoms with Crippen molar-refractivity contribution < 1.29 is 4.79 Å². The highest BCUT2D eigenvalue weighted by Crippen LogP contribution is 2.13. The molecule has 1 aliphatic rings. The van der Waals surface area contributed by atoms with Gasteiger partial charge in [0, 0.05) is 36.9 Å². The molecule has 2 rings (SSSR count). The summed E-state index contributed by atoms with van der Waals surface area (Å²) in [5.41, 5.74) is 0.751. The number of carbonyl (C=O) groups is 1. The van der Waals surface area contributed by atoms with Crippen LogP contribution in [0.1, 0.15) is 6.92 Å². The second-order valence-electron chi connectivity index (χ2n) is 5.17. The number of nitrogens with zero attached hydrogens (tertiary/aromatic N) is 3. The number of nitriles is 1. The van der Waals surface area contributed by atoms with Gasteiger partial charge in [-0.2, -0.15) is 5.26 Å². The zero-order valence-corrected chi connectivity index (χ0v) is 12.8. The minimum atomic E-state index is -0.0601. The Morgan fingerprint density at radius 2 is 1.95 bits per heavy atom. The number of nitrogens with one attached hydrogen (secondary N) is 1. The molecule has 1 amide bonds. The second-order valence-corrected chi connectivity index (χ2v) is 5.61. The molecule has 0 bridgehead atoms. The lowest BCUT2D eigenvalue weighted by Gasteiger charge is -2.35. The lowest BCUT2D eigenvalue weighted by Crippen LogP contribution is -2.50. The van der Waals surface area contributed by atoms with E-state index in [0.717, 1.165) is 31.9 Å². The van der Waals surface area contributed by atoms with E-state index in [4.69, 9.17) is 16.9 Å². The maximum Gasteiger partial charge on any atom is 0.238 e. The summed E-state index contributed by atoms with van der Waals surface area (Å²) in [6.07, 6.45) is 0.